The van der Waals surface area contributed by atoms with Crippen molar-refractivity contribution in [1.82, 2.24) is 0 Å². The van der Waals surface area contributed by atoms with Crippen LogP contribution < -0.4 is 10.2 Å². The second-order valence-electron chi connectivity index (χ2n) is 6.81. The van der Waals surface area contributed by atoms with Gasteiger partial charge in [0.2, 0.25) is 6.29 Å². The van der Waals surface area contributed by atoms with Crippen molar-refractivity contribution in [2.75, 3.05) is 6.61 Å². The van der Waals surface area contributed by atoms with Crippen molar-refractivity contribution >= 4 is 11.0 Å². The van der Waals surface area contributed by atoms with Crippen molar-refractivity contribution in [3.63, 3.8) is 0 Å². The summed E-state index contributed by atoms with van der Waals surface area (Å²) in [7, 11) is 0. The molecule has 0 spiro atoms. The van der Waals surface area contributed by atoms with Crippen LogP contribution >= 0.6 is 0 Å². The standard InChI is InChI=1S/C21H20O8/c22-10-17-18(24)19(25)20(26)21(29-17)27-12-6-7-13-14(23)9-15(28-16(13)8-12)11-4-2-1-3-5-11/h1-9,17-22,24-26H,10H2. The molecule has 1 fully saturated rings. The number of fused-ring (bicyclic) bond motifs is 1. The Bertz CT molecular complexity index is 1050. The van der Waals surface area contributed by atoms with E-state index in [1.165, 1.54) is 24.3 Å². The maximum atomic E-state index is 12.4. The van der Waals surface area contributed by atoms with Gasteiger partial charge in [-0.15, -0.1) is 0 Å². The third-order valence-corrected chi connectivity index (χ3v) is 4.86. The van der Waals surface area contributed by atoms with Gasteiger partial charge in [0.25, 0.3) is 0 Å². The summed E-state index contributed by atoms with van der Waals surface area (Å²) in [6, 6.07) is 15.1. The lowest BCUT2D eigenvalue weighted by atomic mass is 9.99. The van der Waals surface area contributed by atoms with Gasteiger partial charge in [-0.3, -0.25) is 4.79 Å². The molecule has 152 valence electrons. The zero-order chi connectivity index (χ0) is 20.5. The van der Waals surface area contributed by atoms with Crippen molar-refractivity contribution < 1.29 is 34.3 Å². The van der Waals surface area contributed by atoms with Gasteiger partial charge in [0.1, 0.15) is 41.5 Å². The summed E-state index contributed by atoms with van der Waals surface area (Å²) in [6.07, 6.45) is -6.97. The fraction of sp³-hybridized carbons (Fsp3) is 0.286. The smallest absolute Gasteiger partial charge is 0.229 e. The highest BCUT2D eigenvalue weighted by atomic mass is 16.7. The molecule has 0 amide bonds. The van der Waals surface area contributed by atoms with Crippen LogP contribution in [-0.2, 0) is 4.74 Å². The van der Waals surface area contributed by atoms with Crippen molar-refractivity contribution in [2.24, 2.45) is 0 Å². The first-order valence-corrected chi connectivity index (χ1v) is 9.08. The molecule has 2 aromatic carbocycles. The molecule has 4 N–H and O–H groups in total. The lowest BCUT2D eigenvalue weighted by Crippen LogP contribution is -2.60. The third-order valence-electron chi connectivity index (χ3n) is 4.86. The molecule has 2 heterocycles. The first-order chi connectivity index (χ1) is 14.0. The molecule has 1 saturated heterocycles. The maximum Gasteiger partial charge on any atom is 0.229 e. The van der Waals surface area contributed by atoms with Gasteiger partial charge in [0.15, 0.2) is 5.43 Å². The SMILES string of the molecule is O=c1cc(-c2ccccc2)oc2cc(OC3OC(CO)C(O)C(O)C3O)ccc12. The highest BCUT2D eigenvalue weighted by Gasteiger charge is 2.44. The summed E-state index contributed by atoms with van der Waals surface area (Å²) >= 11 is 0. The molecule has 29 heavy (non-hydrogen) atoms. The van der Waals surface area contributed by atoms with Crippen LogP contribution in [0.5, 0.6) is 5.75 Å². The molecule has 0 saturated carbocycles. The molecule has 0 aliphatic carbocycles. The molecule has 5 unspecified atom stereocenters. The Morgan fingerprint density at radius 2 is 1.69 bits per heavy atom. The highest BCUT2D eigenvalue weighted by molar-refractivity contribution is 5.80. The van der Waals surface area contributed by atoms with E-state index < -0.39 is 37.3 Å². The first-order valence-electron chi connectivity index (χ1n) is 9.08. The number of aliphatic hydroxyl groups is 4. The second-order valence-corrected chi connectivity index (χ2v) is 6.81. The zero-order valence-electron chi connectivity index (χ0n) is 15.2. The van der Waals surface area contributed by atoms with Crippen molar-refractivity contribution in [1.29, 1.82) is 0 Å². The van der Waals surface area contributed by atoms with Crippen molar-refractivity contribution in [3.05, 3.63) is 64.8 Å². The fourth-order valence-electron chi connectivity index (χ4n) is 3.25. The Morgan fingerprint density at radius 3 is 2.41 bits per heavy atom. The van der Waals surface area contributed by atoms with E-state index in [0.29, 0.717) is 11.1 Å². The van der Waals surface area contributed by atoms with E-state index in [-0.39, 0.29) is 16.8 Å². The second kappa shape index (κ2) is 7.94. The largest absolute Gasteiger partial charge is 0.462 e. The van der Waals surface area contributed by atoms with Crippen LogP contribution in [0.2, 0.25) is 0 Å². The van der Waals surface area contributed by atoms with Gasteiger partial charge in [-0.1, -0.05) is 30.3 Å². The van der Waals surface area contributed by atoms with E-state index in [0.717, 1.165) is 5.56 Å². The van der Waals surface area contributed by atoms with E-state index >= 15 is 0 Å². The summed E-state index contributed by atoms with van der Waals surface area (Å²) in [5.41, 5.74) is 0.801. The van der Waals surface area contributed by atoms with Crippen molar-refractivity contribution in [2.45, 2.75) is 30.7 Å². The number of aliphatic hydroxyl groups excluding tert-OH is 4. The molecule has 8 nitrogen and oxygen atoms in total. The highest BCUT2D eigenvalue weighted by Crippen LogP contribution is 2.28. The van der Waals surface area contributed by atoms with E-state index in [1.807, 2.05) is 30.3 Å². The topological polar surface area (TPSA) is 130 Å². The molecule has 3 aromatic rings. The van der Waals surface area contributed by atoms with Gasteiger partial charge in [0, 0.05) is 17.7 Å². The summed E-state index contributed by atoms with van der Waals surface area (Å²) < 4.78 is 16.8. The molecule has 1 aliphatic heterocycles. The summed E-state index contributed by atoms with van der Waals surface area (Å²) in [5.74, 6) is 0.614. The fourth-order valence-corrected chi connectivity index (χ4v) is 3.25. The number of hydrogen-bond donors (Lipinski definition) is 4. The third kappa shape index (κ3) is 3.76. The molecular weight excluding hydrogens is 380 g/mol. The quantitative estimate of drug-likeness (QED) is 0.502. The lowest BCUT2D eigenvalue weighted by molar-refractivity contribution is -0.277. The minimum atomic E-state index is -1.55. The minimum Gasteiger partial charge on any atom is -0.462 e. The molecule has 1 aliphatic rings. The van der Waals surface area contributed by atoms with Gasteiger partial charge >= 0.3 is 0 Å². The van der Waals surface area contributed by atoms with Crippen LogP contribution in [0.1, 0.15) is 0 Å². The monoisotopic (exact) mass is 400 g/mol. The predicted molar refractivity (Wildman–Crippen MR) is 102 cm³/mol. The summed E-state index contributed by atoms with van der Waals surface area (Å²) in [4.78, 5) is 12.4. The van der Waals surface area contributed by atoms with Gasteiger partial charge in [0.05, 0.1) is 12.0 Å². The van der Waals surface area contributed by atoms with Crippen LogP contribution in [-0.4, -0.2) is 57.7 Å². The molecule has 0 bridgehead atoms. The van der Waals surface area contributed by atoms with Gasteiger partial charge < -0.3 is 34.3 Å². The van der Waals surface area contributed by atoms with Crippen LogP contribution in [0, 0.1) is 0 Å². The number of hydrogen-bond acceptors (Lipinski definition) is 8. The lowest BCUT2D eigenvalue weighted by Gasteiger charge is -2.39. The number of ether oxygens (including phenoxy) is 2. The van der Waals surface area contributed by atoms with E-state index in [1.54, 1.807) is 0 Å². The summed E-state index contributed by atoms with van der Waals surface area (Å²) in [5, 5.41) is 39.5. The molecule has 8 heteroatoms. The molecular formula is C21H20O8. The average molecular weight is 400 g/mol. The molecule has 5 atom stereocenters. The molecule has 0 radical (unpaired) electrons. The van der Waals surface area contributed by atoms with Crippen LogP contribution in [0.25, 0.3) is 22.3 Å². The summed E-state index contributed by atoms with van der Waals surface area (Å²) in [6.45, 7) is -0.558. The average Bonchev–Trinajstić information content (AvgIpc) is 2.74. The van der Waals surface area contributed by atoms with E-state index in [9.17, 15) is 25.2 Å². The van der Waals surface area contributed by atoms with Crippen LogP contribution in [0.4, 0.5) is 0 Å². The Hall–Kier alpha value is -2.75. The van der Waals surface area contributed by atoms with E-state index in [2.05, 4.69) is 0 Å². The van der Waals surface area contributed by atoms with Gasteiger partial charge in [-0.2, -0.15) is 0 Å². The molecule has 1 aromatic heterocycles. The van der Waals surface area contributed by atoms with Gasteiger partial charge in [-0.05, 0) is 12.1 Å². The van der Waals surface area contributed by atoms with E-state index in [4.69, 9.17) is 13.9 Å². The van der Waals surface area contributed by atoms with Crippen LogP contribution in [0.15, 0.2) is 63.8 Å². The van der Waals surface area contributed by atoms with Crippen LogP contribution in [0.3, 0.4) is 0 Å². The Morgan fingerprint density at radius 1 is 0.931 bits per heavy atom. The Kier molecular flexibility index (Phi) is 5.35. The molecule has 4 rings (SSSR count). The Balaban J connectivity index is 1.66. The first kappa shape index (κ1) is 19.6. The van der Waals surface area contributed by atoms with Gasteiger partial charge in [-0.25, -0.2) is 0 Å². The number of benzene rings is 2. The number of rotatable bonds is 4. The Labute approximate surface area is 165 Å². The maximum absolute atomic E-state index is 12.4. The normalized spacial score (nSPS) is 27.1. The minimum absolute atomic E-state index is 0.218. The predicted octanol–water partition coefficient (Wildman–Crippen LogP) is 0.639. The zero-order valence-corrected chi connectivity index (χ0v) is 15.2. The van der Waals surface area contributed by atoms with Crippen molar-refractivity contribution in [3.8, 4) is 17.1 Å².